The van der Waals surface area contributed by atoms with Crippen LogP contribution in [0.2, 0.25) is 0 Å². The van der Waals surface area contributed by atoms with Gasteiger partial charge in [0, 0.05) is 37.7 Å². The number of nitrogens with one attached hydrogen (secondary N) is 1. The SMILES string of the molecule is Cc1cccc(-c2cnc(NC(=O)c3cccc(CN4CCCC4=O)c3)n2C)c1. The Morgan fingerprint density at radius 1 is 1.17 bits per heavy atom. The Hall–Kier alpha value is -3.41. The van der Waals surface area contributed by atoms with Crippen molar-refractivity contribution in [2.75, 3.05) is 11.9 Å². The van der Waals surface area contributed by atoms with Gasteiger partial charge in [0.2, 0.25) is 11.9 Å². The third-order valence-corrected chi connectivity index (χ3v) is 5.26. The minimum absolute atomic E-state index is 0.177. The van der Waals surface area contributed by atoms with Crippen LogP contribution in [0.1, 0.15) is 34.3 Å². The lowest BCUT2D eigenvalue weighted by Crippen LogP contribution is -2.24. The molecule has 3 aromatic rings. The number of imidazole rings is 1. The Labute approximate surface area is 170 Å². The number of likely N-dealkylation sites (tertiary alicyclic amines) is 1. The molecule has 0 spiro atoms. The third kappa shape index (κ3) is 4.06. The van der Waals surface area contributed by atoms with Crippen LogP contribution in [-0.4, -0.2) is 32.8 Å². The number of hydrogen-bond acceptors (Lipinski definition) is 3. The Balaban J connectivity index is 1.50. The second-order valence-electron chi connectivity index (χ2n) is 7.47. The average Bonchev–Trinajstić information content (AvgIpc) is 3.28. The molecule has 1 fully saturated rings. The van der Waals surface area contributed by atoms with Crippen LogP contribution in [0.3, 0.4) is 0 Å². The molecule has 1 aromatic heterocycles. The summed E-state index contributed by atoms with van der Waals surface area (Å²) in [5.41, 5.74) is 4.66. The predicted octanol–water partition coefficient (Wildman–Crippen LogP) is 3.77. The Kier molecular flexibility index (Phi) is 5.16. The molecule has 1 aliphatic heterocycles. The molecule has 1 N–H and O–H groups in total. The molecule has 6 heteroatoms. The largest absolute Gasteiger partial charge is 0.338 e. The smallest absolute Gasteiger partial charge is 0.257 e. The second kappa shape index (κ2) is 7.91. The predicted molar refractivity (Wildman–Crippen MR) is 112 cm³/mol. The van der Waals surface area contributed by atoms with Gasteiger partial charge in [-0.2, -0.15) is 0 Å². The van der Waals surface area contributed by atoms with E-state index in [1.54, 1.807) is 12.3 Å². The van der Waals surface area contributed by atoms with Crippen LogP contribution in [0.5, 0.6) is 0 Å². The molecule has 6 nitrogen and oxygen atoms in total. The first-order valence-electron chi connectivity index (χ1n) is 9.78. The molecule has 4 rings (SSSR count). The number of amides is 2. The van der Waals surface area contributed by atoms with Crippen LogP contribution < -0.4 is 5.32 Å². The zero-order valence-electron chi connectivity index (χ0n) is 16.7. The summed E-state index contributed by atoms with van der Waals surface area (Å²) in [4.78, 5) is 30.8. The number of carbonyl (C=O) groups excluding carboxylic acids is 2. The first kappa shape index (κ1) is 18.9. The van der Waals surface area contributed by atoms with Crippen molar-refractivity contribution in [2.45, 2.75) is 26.3 Å². The number of carbonyl (C=O) groups is 2. The number of nitrogens with zero attached hydrogens (tertiary/aromatic N) is 3. The minimum atomic E-state index is -0.218. The molecule has 0 saturated carbocycles. The summed E-state index contributed by atoms with van der Waals surface area (Å²) in [6, 6.07) is 15.6. The molecule has 148 valence electrons. The van der Waals surface area contributed by atoms with E-state index in [-0.39, 0.29) is 11.8 Å². The maximum Gasteiger partial charge on any atom is 0.257 e. The topological polar surface area (TPSA) is 67.2 Å². The van der Waals surface area contributed by atoms with Gasteiger partial charge in [0.1, 0.15) is 0 Å². The Morgan fingerprint density at radius 2 is 2.00 bits per heavy atom. The fourth-order valence-corrected chi connectivity index (χ4v) is 3.67. The number of rotatable bonds is 5. The van der Waals surface area contributed by atoms with Crippen molar-refractivity contribution in [3.8, 4) is 11.3 Å². The zero-order chi connectivity index (χ0) is 20.4. The molecule has 2 aromatic carbocycles. The molecule has 2 amide bonds. The number of hydrogen-bond donors (Lipinski definition) is 1. The highest BCUT2D eigenvalue weighted by atomic mass is 16.2. The summed E-state index contributed by atoms with van der Waals surface area (Å²) in [6.07, 6.45) is 3.28. The molecule has 2 heterocycles. The van der Waals surface area contributed by atoms with E-state index in [1.807, 2.05) is 59.8 Å². The first-order valence-corrected chi connectivity index (χ1v) is 9.78. The lowest BCUT2D eigenvalue weighted by molar-refractivity contribution is -0.128. The summed E-state index contributed by atoms with van der Waals surface area (Å²) in [7, 11) is 1.88. The van der Waals surface area contributed by atoms with E-state index >= 15 is 0 Å². The van der Waals surface area contributed by atoms with Crippen molar-refractivity contribution < 1.29 is 9.59 Å². The van der Waals surface area contributed by atoms with E-state index in [0.29, 0.717) is 24.5 Å². The fraction of sp³-hybridized carbons (Fsp3) is 0.261. The lowest BCUT2D eigenvalue weighted by atomic mass is 10.1. The Morgan fingerprint density at radius 3 is 2.76 bits per heavy atom. The number of benzene rings is 2. The summed E-state index contributed by atoms with van der Waals surface area (Å²) >= 11 is 0. The molecule has 0 radical (unpaired) electrons. The summed E-state index contributed by atoms with van der Waals surface area (Å²) in [5, 5.41) is 2.89. The minimum Gasteiger partial charge on any atom is -0.338 e. The molecule has 0 atom stereocenters. The highest BCUT2D eigenvalue weighted by molar-refractivity contribution is 6.03. The molecule has 1 aliphatic rings. The van der Waals surface area contributed by atoms with Gasteiger partial charge in [-0.3, -0.25) is 14.9 Å². The first-order chi connectivity index (χ1) is 14.0. The van der Waals surface area contributed by atoms with Crippen molar-refractivity contribution in [3.05, 3.63) is 71.4 Å². The van der Waals surface area contributed by atoms with Crippen molar-refractivity contribution in [1.29, 1.82) is 0 Å². The van der Waals surface area contributed by atoms with Gasteiger partial charge in [-0.15, -0.1) is 0 Å². The van der Waals surface area contributed by atoms with Crippen molar-refractivity contribution in [1.82, 2.24) is 14.5 Å². The standard InChI is InChI=1S/C23H24N4O2/c1-16-6-3-8-18(12-16)20-14-24-23(26(20)2)25-22(29)19-9-4-7-17(13-19)15-27-11-5-10-21(27)28/h3-4,6-9,12-14H,5,10-11,15H2,1-2H3,(H,24,25,29). The molecular formula is C23H24N4O2. The van der Waals surface area contributed by atoms with Gasteiger partial charge in [0.25, 0.3) is 5.91 Å². The quantitative estimate of drug-likeness (QED) is 0.723. The highest BCUT2D eigenvalue weighted by Gasteiger charge is 2.20. The number of anilines is 1. The average molecular weight is 388 g/mol. The molecule has 0 aliphatic carbocycles. The van der Waals surface area contributed by atoms with Crippen LogP contribution in [-0.2, 0) is 18.4 Å². The van der Waals surface area contributed by atoms with Crippen LogP contribution in [0.25, 0.3) is 11.3 Å². The second-order valence-corrected chi connectivity index (χ2v) is 7.47. The van der Waals surface area contributed by atoms with E-state index < -0.39 is 0 Å². The van der Waals surface area contributed by atoms with E-state index in [1.165, 1.54) is 5.56 Å². The molecule has 1 saturated heterocycles. The number of aryl methyl sites for hydroxylation is 1. The number of aromatic nitrogens is 2. The third-order valence-electron chi connectivity index (χ3n) is 5.26. The van der Waals surface area contributed by atoms with Gasteiger partial charge in [0.05, 0.1) is 11.9 Å². The molecule has 29 heavy (non-hydrogen) atoms. The van der Waals surface area contributed by atoms with Gasteiger partial charge in [-0.1, -0.05) is 35.9 Å². The van der Waals surface area contributed by atoms with Crippen LogP contribution in [0.4, 0.5) is 5.95 Å². The summed E-state index contributed by atoms with van der Waals surface area (Å²) in [5.74, 6) is 0.451. The van der Waals surface area contributed by atoms with E-state index in [9.17, 15) is 9.59 Å². The maximum atomic E-state index is 12.8. The van der Waals surface area contributed by atoms with Crippen LogP contribution >= 0.6 is 0 Å². The zero-order valence-corrected chi connectivity index (χ0v) is 16.7. The highest BCUT2D eigenvalue weighted by Crippen LogP contribution is 2.23. The van der Waals surface area contributed by atoms with E-state index in [0.717, 1.165) is 29.8 Å². The molecule has 0 bridgehead atoms. The van der Waals surface area contributed by atoms with E-state index in [4.69, 9.17) is 0 Å². The van der Waals surface area contributed by atoms with Crippen LogP contribution in [0.15, 0.2) is 54.7 Å². The molecule has 0 unspecified atom stereocenters. The van der Waals surface area contributed by atoms with Crippen LogP contribution in [0, 0.1) is 6.92 Å². The van der Waals surface area contributed by atoms with Crippen molar-refractivity contribution >= 4 is 17.8 Å². The van der Waals surface area contributed by atoms with Gasteiger partial charge < -0.3 is 9.47 Å². The molecular weight excluding hydrogens is 364 g/mol. The maximum absolute atomic E-state index is 12.8. The monoisotopic (exact) mass is 388 g/mol. The van der Waals surface area contributed by atoms with Gasteiger partial charge in [-0.25, -0.2) is 4.98 Å². The van der Waals surface area contributed by atoms with Gasteiger partial charge in [-0.05, 0) is 37.1 Å². The summed E-state index contributed by atoms with van der Waals surface area (Å²) < 4.78 is 1.87. The summed E-state index contributed by atoms with van der Waals surface area (Å²) in [6.45, 7) is 3.37. The van der Waals surface area contributed by atoms with Gasteiger partial charge in [0.15, 0.2) is 0 Å². The van der Waals surface area contributed by atoms with E-state index in [2.05, 4.69) is 16.4 Å². The Bertz CT molecular complexity index is 1070. The lowest BCUT2D eigenvalue weighted by Gasteiger charge is -2.16. The van der Waals surface area contributed by atoms with Crippen molar-refractivity contribution in [3.63, 3.8) is 0 Å². The normalized spacial score (nSPS) is 13.7. The van der Waals surface area contributed by atoms with Gasteiger partial charge >= 0.3 is 0 Å². The fourth-order valence-electron chi connectivity index (χ4n) is 3.67. The van der Waals surface area contributed by atoms with Crippen molar-refractivity contribution in [2.24, 2.45) is 7.05 Å².